The summed E-state index contributed by atoms with van der Waals surface area (Å²) in [6.07, 6.45) is 0. The number of hydrogen-bond donors (Lipinski definition) is 0. The van der Waals surface area contributed by atoms with E-state index in [0.29, 0.717) is 0 Å². The Bertz CT molecular complexity index is 2330. The number of anilines is 3. The van der Waals surface area contributed by atoms with E-state index in [0.717, 1.165) is 33.3 Å². The predicted octanol–water partition coefficient (Wildman–Crippen LogP) is 12.0. The summed E-state index contributed by atoms with van der Waals surface area (Å²) in [7, 11) is 0. The summed E-state index contributed by atoms with van der Waals surface area (Å²) >= 11 is 0. The van der Waals surface area contributed by atoms with Crippen LogP contribution in [0.1, 0.15) is 0 Å². The number of fused-ring (bicyclic) bond motifs is 8. The van der Waals surface area contributed by atoms with Crippen molar-refractivity contribution in [3.05, 3.63) is 164 Å². The molecule has 1 aliphatic heterocycles. The largest absolute Gasteiger partial charge is 0.456 e. The lowest BCUT2D eigenvalue weighted by Crippen LogP contribution is -2.11. The minimum Gasteiger partial charge on any atom is -0.456 e. The molecule has 0 bridgehead atoms. The van der Waals surface area contributed by atoms with Crippen molar-refractivity contribution >= 4 is 39.0 Å². The zero-order valence-corrected chi connectivity index (χ0v) is 23.9. The SMILES string of the molecule is c1ccc(-c2ccc3c(c2)-c2ccccc2-c2cc(-c4ccc5oc6ccccc6c5c4)ccc2N3c2ccccc2)cc1. The summed E-state index contributed by atoms with van der Waals surface area (Å²) in [4.78, 5) is 2.41. The fourth-order valence-corrected chi connectivity index (χ4v) is 6.73. The molecule has 0 amide bonds. The highest BCUT2D eigenvalue weighted by Gasteiger charge is 2.27. The maximum Gasteiger partial charge on any atom is 0.135 e. The molecule has 0 radical (unpaired) electrons. The fraction of sp³-hybridized carbons (Fsp3) is 0. The lowest BCUT2D eigenvalue weighted by Gasteiger charge is -2.28. The Labute approximate surface area is 256 Å². The molecule has 0 saturated heterocycles. The summed E-state index contributed by atoms with van der Waals surface area (Å²) < 4.78 is 6.13. The molecule has 0 unspecified atom stereocenters. The molecule has 8 aromatic rings. The second-order valence-electron chi connectivity index (χ2n) is 11.4. The van der Waals surface area contributed by atoms with Gasteiger partial charge < -0.3 is 9.32 Å². The Morgan fingerprint density at radius 3 is 1.57 bits per heavy atom. The number of furan rings is 1. The van der Waals surface area contributed by atoms with Crippen LogP contribution in [0, 0.1) is 0 Å². The maximum absolute atomic E-state index is 6.13. The van der Waals surface area contributed by atoms with Gasteiger partial charge in [0.15, 0.2) is 0 Å². The van der Waals surface area contributed by atoms with E-state index < -0.39 is 0 Å². The van der Waals surface area contributed by atoms with Crippen molar-refractivity contribution < 1.29 is 4.42 Å². The normalized spacial score (nSPS) is 12.0. The van der Waals surface area contributed by atoms with Crippen LogP contribution in [-0.2, 0) is 0 Å². The van der Waals surface area contributed by atoms with Gasteiger partial charge in [0.25, 0.3) is 0 Å². The van der Waals surface area contributed by atoms with Crippen LogP contribution >= 0.6 is 0 Å². The van der Waals surface area contributed by atoms with Crippen molar-refractivity contribution in [2.75, 3.05) is 4.90 Å². The van der Waals surface area contributed by atoms with Crippen LogP contribution in [0.15, 0.2) is 168 Å². The molecule has 0 fully saturated rings. The van der Waals surface area contributed by atoms with Crippen molar-refractivity contribution in [2.45, 2.75) is 0 Å². The van der Waals surface area contributed by atoms with Crippen LogP contribution in [-0.4, -0.2) is 0 Å². The summed E-state index contributed by atoms with van der Waals surface area (Å²) in [5.74, 6) is 0. The number of rotatable bonds is 3. The molecular weight excluding hydrogens is 534 g/mol. The van der Waals surface area contributed by atoms with E-state index in [1.807, 2.05) is 12.1 Å². The molecule has 0 spiro atoms. The van der Waals surface area contributed by atoms with Gasteiger partial charge in [0.2, 0.25) is 0 Å². The summed E-state index contributed by atoms with van der Waals surface area (Å²) in [5, 5.41) is 2.28. The topological polar surface area (TPSA) is 16.4 Å². The molecule has 9 rings (SSSR count). The Kier molecular flexibility index (Phi) is 5.54. The molecular formula is C42H27NO. The van der Waals surface area contributed by atoms with E-state index in [9.17, 15) is 0 Å². The fourth-order valence-electron chi connectivity index (χ4n) is 6.73. The first-order valence-electron chi connectivity index (χ1n) is 15.0. The third-order valence-electron chi connectivity index (χ3n) is 8.81. The van der Waals surface area contributed by atoms with Crippen LogP contribution in [0.3, 0.4) is 0 Å². The molecule has 2 nitrogen and oxygen atoms in total. The van der Waals surface area contributed by atoms with E-state index in [1.54, 1.807) is 0 Å². The van der Waals surface area contributed by atoms with Crippen LogP contribution in [0.4, 0.5) is 17.1 Å². The zero-order valence-electron chi connectivity index (χ0n) is 23.9. The Morgan fingerprint density at radius 1 is 0.341 bits per heavy atom. The number of nitrogens with zero attached hydrogens (tertiary/aromatic N) is 1. The van der Waals surface area contributed by atoms with Crippen molar-refractivity contribution in [1.82, 2.24) is 0 Å². The van der Waals surface area contributed by atoms with Gasteiger partial charge in [-0.2, -0.15) is 0 Å². The van der Waals surface area contributed by atoms with Crippen molar-refractivity contribution in [3.8, 4) is 44.5 Å². The monoisotopic (exact) mass is 561 g/mol. The average Bonchev–Trinajstić information content (AvgIpc) is 3.42. The lowest BCUT2D eigenvalue weighted by atomic mass is 9.91. The highest BCUT2D eigenvalue weighted by molar-refractivity contribution is 6.07. The van der Waals surface area contributed by atoms with E-state index in [-0.39, 0.29) is 0 Å². The number of benzene rings is 7. The molecule has 0 atom stereocenters. The Balaban J connectivity index is 1.29. The second kappa shape index (κ2) is 9.86. The first-order valence-corrected chi connectivity index (χ1v) is 15.0. The quantitative estimate of drug-likeness (QED) is 0.213. The summed E-state index contributed by atoms with van der Waals surface area (Å²) in [5.41, 5.74) is 14.9. The standard InChI is InChI=1S/C42H27NO/c1-3-11-28(12-4-1)29-19-22-39-36(25-29)33-15-7-8-16-34(33)37-26-30(20-23-40(37)43(39)32-13-5-2-6-14-32)31-21-24-42-38(27-31)35-17-9-10-18-41(35)44-42/h1-27H. The van der Waals surface area contributed by atoms with Gasteiger partial charge in [0.05, 0.1) is 11.4 Å². The van der Waals surface area contributed by atoms with E-state index >= 15 is 0 Å². The molecule has 0 N–H and O–H groups in total. The average molecular weight is 562 g/mol. The van der Waals surface area contributed by atoms with Crippen LogP contribution < -0.4 is 4.90 Å². The van der Waals surface area contributed by atoms with Gasteiger partial charge in [-0.05, 0) is 88.0 Å². The smallest absolute Gasteiger partial charge is 0.135 e. The molecule has 1 aliphatic rings. The molecule has 0 aliphatic carbocycles. The van der Waals surface area contributed by atoms with E-state index in [1.165, 1.54) is 50.2 Å². The predicted molar refractivity (Wildman–Crippen MR) is 184 cm³/mol. The van der Waals surface area contributed by atoms with Gasteiger partial charge in [-0.3, -0.25) is 0 Å². The lowest BCUT2D eigenvalue weighted by molar-refractivity contribution is 0.669. The third-order valence-corrected chi connectivity index (χ3v) is 8.81. The van der Waals surface area contributed by atoms with Gasteiger partial charge in [-0.15, -0.1) is 0 Å². The molecule has 2 heterocycles. The van der Waals surface area contributed by atoms with Gasteiger partial charge >= 0.3 is 0 Å². The number of hydrogen-bond acceptors (Lipinski definition) is 2. The molecule has 1 aromatic heterocycles. The summed E-state index contributed by atoms with van der Waals surface area (Å²) in [6.45, 7) is 0. The minimum atomic E-state index is 0.912. The van der Waals surface area contributed by atoms with Crippen molar-refractivity contribution in [3.63, 3.8) is 0 Å². The van der Waals surface area contributed by atoms with Crippen molar-refractivity contribution in [2.24, 2.45) is 0 Å². The maximum atomic E-state index is 6.13. The van der Waals surface area contributed by atoms with Gasteiger partial charge in [0, 0.05) is 27.6 Å². The highest BCUT2D eigenvalue weighted by atomic mass is 16.3. The second-order valence-corrected chi connectivity index (χ2v) is 11.4. The van der Waals surface area contributed by atoms with Crippen LogP contribution in [0.5, 0.6) is 0 Å². The summed E-state index contributed by atoms with van der Waals surface area (Å²) in [6, 6.07) is 58.7. The van der Waals surface area contributed by atoms with Gasteiger partial charge in [0.1, 0.15) is 11.2 Å². The molecule has 206 valence electrons. The van der Waals surface area contributed by atoms with Gasteiger partial charge in [-0.25, -0.2) is 0 Å². The molecule has 2 heteroatoms. The molecule has 44 heavy (non-hydrogen) atoms. The third kappa shape index (κ3) is 3.89. The van der Waals surface area contributed by atoms with E-state index in [2.05, 4.69) is 157 Å². The van der Waals surface area contributed by atoms with Crippen LogP contribution in [0.25, 0.3) is 66.4 Å². The van der Waals surface area contributed by atoms with Gasteiger partial charge in [-0.1, -0.05) is 109 Å². The molecule has 0 saturated carbocycles. The van der Waals surface area contributed by atoms with Crippen LogP contribution in [0.2, 0.25) is 0 Å². The Hall–Kier alpha value is -5.86. The highest BCUT2D eigenvalue weighted by Crippen LogP contribution is 2.52. The first kappa shape index (κ1) is 24.7. The Morgan fingerprint density at radius 2 is 0.864 bits per heavy atom. The minimum absolute atomic E-state index is 0.912. The zero-order chi connectivity index (χ0) is 29.0. The van der Waals surface area contributed by atoms with E-state index in [4.69, 9.17) is 4.42 Å². The first-order chi connectivity index (χ1) is 21.8. The van der Waals surface area contributed by atoms with Crippen molar-refractivity contribution in [1.29, 1.82) is 0 Å². The number of para-hydroxylation sites is 2. The molecule has 7 aromatic carbocycles.